The van der Waals surface area contributed by atoms with E-state index in [0.717, 1.165) is 34.1 Å². The normalized spacial score (nSPS) is 15.4. The molecule has 0 unspecified atom stereocenters. The highest BCUT2D eigenvalue weighted by atomic mass is 79.9. The van der Waals surface area contributed by atoms with Gasteiger partial charge in [0.2, 0.25) is 10.0 Å². The molecule has 3 heterocycles. The Morgan fingerprint density at radius 3 is 2.56 bits per heavy atom. The van der Waals surface area contributed by atoms with E-state index in [-0.39, 0.29) is 23.9 Å². The Bertz CT molecular complexity index is 1540. The van der Waals surface area contributed by atoms with Crippen LogP contribution in [-0.4, -0.2) is 47.0 Å². The van der Waals surface area contributed by atoms with Gasteiger partial charge in [-0.1, -0.05) is 29.8 Å². The first kappa shape index (κ1) is 25.1. The van der Waals surface area contributed by atoms with Gasteiger partial charge in [-0.3, -0.25) is 0 Å². The Balaban J connectivity index is 1.30. The van der Waals surface area contributed by atoms with Crippen LogP contribution in [0.4, 0.5) is 14.6 Å². The van der Waals surface area contributed by atoms with Gasteiger partial charge >= 0.3 is 0 Å². The smallest absolute Gasteiger partial charge is 0.243 e. The SMILES string of the molecule is O=S(=O)(c1ccc(F)c(F)c1)N1CCC(CNc2cc(-c3ccccc3Cl)nc3c(Br)cnn23)CC1. The van der Waals surface area contributed by atoms with Gasteiger partial charge in [0, 0.05) is 36.3 Å². The van der Waals surface area contributed by atoms with Crippen molar-refractivity contribution >= 4 is 49.0 Å². The third kappa shape index (κ3) is 4.84. The fourth-order valence-corrected chi connectivity index (χ4v) is 6.32. The van der Waals surface area contributed by atoms with Crippen LogP contribution in [0.3, 0.4) is 0 Å². The Labute approximate surface area is 220 Å². The molecule has 0 atom stereocenters. The molecule has 0 radical (unpaired) electrons. The van der Waals surface area contributed by atoms with Crippen molar-refractivity contribution in [2.45, 2.75) is 17.7 Å². The molecule has 0 saturated carbocycles. The maximum Gasteiger partial charge on any atom is 0.243 e. The molecular formula is C24H21BrClF2N5O2S. The van der Waals surface area contributed by atoms with Crippen LogP contribution in [0.2, 0.25) is 5.02 Å². The second-order valence-electron chi connectivity index (χ2n) is 8.54. The highest BCUT2D eigenvalue weighted by molar-refractivity contribution is 9.10. The Morgan fingerprint density at radius 2 is 1.83 bits per heavy atom. The van der Waals surface area contributed by atoms with Crippen molar-refractivity contribution in [2.24, 2.45) is 5.92 Å². The molecule has 1 saturated heterocycles. The lowest BCUT2D eigenvalue weighted by Gasteiger charge is -2.31. The van der Waals surface area contributed by atoms with E-state index in [1.165, 1.54) is 4.31 Å². The van der Waals surface area contributed by atoms with Crippen molar-refractivity contribution in [3.05, 3.63) is 75.9 Å². The number of hydrogen-bond donors (Lipinski definition) is 1. The van der Waals surface area contributed by atoms with Crippen LogP contribution >= 0.6 is 27.5 Å². The molecule has 1 fully saturated rings. The predicted molar refractivity (Wildman–Crippen MR) is 137 cm³/mol. The first-order chi connectivity index (χ1) is 17.2. The summed E-state index contributed by atoms with van der Waals surface area (Å²) in [7, 11) is -3.89. The number of nitrogens with one attached hydrogen (secondary N) is 1. The molecule has 0 spiro atoms. The van der Waals surface area contributed by atoms with Crippen LogP contribution in [-0.2, 0) is 10.0 Å². The van der Waals surface area contributed by atoms with E-state index >= 15 is 0 Å². The molecule has 4 aromatic rings. The summed E-state index contributed by atoms with van der Waals surface area (Å²) < 4.78 is 56.3. The van der Waals surface area contributed by atoms with E-state index in [4.69, 9.17) is 16.6 Å². The summed E-state index contributed by atoms with van der Waals surface area (Å²) >= 11 is 9.89. The fourth-order valence-electron chi connectivity index (χ4n) is 4.26. The van der Waals surface area contributed by atoms with Gasteiger partial charge in [0.05, 0.1) is 21.3 Å². The van der Waals surface area contributed by atoms with Gasteiger partial charge in [-0.25, -0.2) is 22.2 Å². The van der Waals surface area contributed by atoms with Gasteiger partial charge in [-0.15, -0.1) is 0 Å². The maximum absolute atomic E-state index is 13.6. The largest absolute Gasteiger partial charge is 0.370 e. The number of fused-ring (bicyclic) bond motifs is 1. The third-order valence-electron chi connectivity index (χ3n) is 6.25. The van der Waals surface area contributed by atoms with Crippen LogP contribution < -0.4 is 5.32 Å². The predicted octanol–water partition coefficient (Wildman–Crippen LogP) is 5.60. The first-order valence-corrected chi connectivity index (χ1v) is 13.8. The van der Waals surface area contributed by atoms with Gasteiger partial charge in [0.15, 0.2) is 17.3 Å². The zero-order chi connectivity index (χ0) is 25.4. The van der Waals surface area contributed by atoms with Gasteiger partial charge < -0.3 is 5.32 Å². The first-order valence-electron chi connectivity index (χ1n) is 11.2. The van der Waals surface area contributed by atoms with Crippen LogP contribution in [0.15, 0.2) is 64.1 Å². The zero-order valence-corrected chi connectivity index (χ0v) is 22.0. The van der Waals surface area contributed by atoms with Gasteiger partial charge in [0.1, 0.15) is 5.82 Å². The number of aromatic nitrogens is 3. The van der Waals surface area contributed by atoms with E-state index in [1.807, 2.05) is 30.3 Å². The van der Waals surface area contributed by atoms with Crippen molar-refractivity contribution in [2.75, 3.05) is 25.0 Å². The summed E-state index contributed by atoms with van der Waals surface area (Å²) in [4.78, 5) is 4.46. The average molecular weight is 597 g/mol. The lowest BCUT2D eigenvalue weighted by Crippen LogP contribution is -2.40. The minimum Gasteiger partial charge on any atom is -0.370 e. The number of halogens is 4. The Hall–Kier alpha value is -2.60. The van der Waals surface area contributed by atoms with E-state index in [1.54, 1.807) is 10.7 Å². The summed E-state index contributed by atoms with van der Waals surface area (Å²) in [6, 6.07) is 12.0. The lowest BCUT2D eigenvalue weighted by atomic mass is 9.98. The van der Waals surface area contributed by atoms with Crippen molar-refractivity contribution < 1.29 is 17.2 Å². The lowest BCUT2D eigenvalue weighted by molar-refractivity contribution is 0.282. The van der Waals surface area contributed by atoms with Crippen LogP contribution in [0, 0.1) is 17.6 Å². The monoisotopic (exact) mass is 595 g/mol. The number of benzene rings is 2. The molecule has 36 heavy (non-hydrogen) atoms. The van der Waals surface area contributed by atoms with Crippen LogP contribution in [0.5, 0.6) is 0 Å². The van der Waals surface area contributed by atoms with Gasteiger partial charge in [-0.2, -0.15) is 13.9 Å². The molecule has 5 rings (SSSR count). The third-order valence-corrected chi connectivity index (χ3v) is 9.04. The molecule has 188 valence electrons. The van der Waals surface area contributed by atoms with Crippen LogP contribution in [0.1, 0.15) is 12.8 Å². The minimum absolute atomic E-state index is 0.201. The highest BCUT2D eigenvalue weighted by Crippen LogP contribution is 2.31. The summed E-state index contributed by atoms with van der Waals surface area (Å²) in [5, 5.41) is 8.42. The Morgan fingerprint density at radius 1 is 1.08 bits per heavy atom. The van der Waals surface area contributed by atoms with Crippen molar-refractivity contribution in [3.63, 3.8) is 0 Å². The van der Waals surface area contributed by atoms with Crippen molar-refractivity contribution in [1.29, 1.82) is 0 Å². The number of hydrogen-bond acceptors (Lipinski definition) is 5. The average Bonchev–Trinajstić information content (AvgIpc) is 3.25. The summed E-state index contributed by atoms with van der Waals surface area (Å²) in [5.41, 5.74) is 2.14. The second kappa shape index (κ2) is 10.0. The molecule has 1 aliphatic heterocycles. The molecule has 1 aliphatic rings. The van der Waals surface area contributed by atoms with Crippen molar-refractivity contribution in [3.8, 4) is 11.3 Å². The summed E-state index contributed by atoms with van der Waals surface area (Å²) in [6.07, 6.45) is 2.90. The minimum atomic E-state index is -3.89. The van der Waals surface area contributed by atoms with E-state index in [2.05, 4.69) is 26.3 Å². The number of piperidine rings is 1. The second-order valence-corrected chi connectivity index (χ2v) is 11.7. The van der Waals surface area contributed by atoms with E-state index in [0.29, 0.717) is 35.8 Å². The maximum atomic E-state index is 13.6. The molecular weight excluding hydrogens is 576 g/mol. The van der Waals surface area contributed by atoms with E-state index in [9.17, 15) is 17.2 Å². The molecule has 7 nitrogen and oxygen atoms in total. The molecule has 2 aromatic carbocycles. The molecule has 0 bridgehead atoms. The number of rotatable bonds is 6. The van der Waals surface area contributed by atoms with E-state index < -0.39 is 21.7 Å². The zero-order valence-electron chi connectivity index (χ0n) is 18.8. The van der Waals surface area contributed by atoms with Crippen LogP contribution in [0.25, 0.3) is 16.9 Å². The Kier molecular flexibility index (Phi) is 6.99. The number of anilines is 1. The molecule has 1 N–H and O–H groups in total. The van der Waals surface area contributed by atoms with Gasteiger partial charge in [-0.05, 0) is 59.0 Å². The molecule has 0 aliphatic carbocycles. The standard InChI is InChI=1S/C24H21BrClF2N5O2S/c25-18-14-30-33-23(12-22(31-24(18)33)17-3-1-2-4-19(17)26)29-13-15-7-9-32(10-8-15)36(34,35)16-5-6-20(27)21(28)11-16/h1-6,11-12,14-15,29H,7-10,13H2. The molecule has 0 amide bonds. The number of sulfonamides is 1. The quantitative estimate of drug-likeness (QED) is 0.313. The molecule has 2 aromatic heterocycles. The molecule has 12 heteroatoms. The summed E-state index contributed by atoms with van der Waals surface area (Å²) in [6.45, 7) is 1.17. The highest BCUT2D eigenvalue weighted by Gasteiger charge is 2.30. The van der Waals surface area contributed by atoms with Crippen molar-refractivity contribution in [1.82, 2.24) is 18.9 Å². The van der Waals surface area contributed by atoms with Gasteiger partial charge in [0.25, 0.3) is 0 Å². The topological polar surface area (TPSA) is 79.6 Å². The summed E-state index contributed by atoms with van der Waals surface area (Å²) in [5.74, 6) is -1.32. The number of nitrogens with zero attached hydrogens (tertiary/aromatic N) is 4. The fraction of sp³-hybridized carbons (Fsp3) is 0.250.